The first-order valence-corrected chi connectivity index (χ1v) is 10.3. The maximum atomic E-state index is 12.8. The summed E-state index contributed by atoms with van der Waals surface area (Å²) >= 11 is 1.34. The van der Waals surface area contributed by atoms with E-state index in [1.807, 2.05) is 50.2 Å². The van der Waals surface area contributed by atoms with Gasteiger partial charge in [0.15, 0.2) is 11.6 Å². The number of nitrogens with one attached hydrogen (secondary N) is 1. The van der Waals surface area contributed by atoms with Gasteiger partial charge < -0.3 is 4.57 Å². The first kappa shape index (κ1) is 19.1. The lowest BCUT2D eigenvalue weighted by atomic mass is 10.2. The molecule has 146 valence electrons. The van der Waals surface area contributed by atoms with Crippen LogP contribution in [0.1, 0.15) is 27.3 Å². The van der Waals surface area contributed by atoms with E-state index in [1.165, 1.54) is 17.3 Å². The maximum Gasteiger partial charge on any atom is 0.209 e. The molecule has 0 radical (unpaired) electrons. The lowest BCUT2D eigenvalue weighted by Crippen LogP contribution is -2.07. The molecule has 0 fully saturated rings. The topological polar surface area (TPSA) is 76.5 Å². The predicted molar refractivity (Wildman–Crippen MR) is 114 cm³/mol. The number of aromatic nitrogens is 5. The molecule has 0 spiro atoms. The third-order valence-electron chi connectivity index (χ3n) is 4.81. The number of aryl methyl sites for hydroxylation is 1. The maximum absolute atomic E-state index is 12.8. The molecular weight excluding hydrogens is 382 g/mol. The lowest BCUT2D eigenvalue weighted by molar-refractivity contribution is 0.102. The quantitative estimate of drug-likeness (QED) is 0.368. The van der Waals surface area contributed by atoms with E-state index in [4.69, 9.17) is 0 Å². The zero-order valence-electron chi connectivity index (χ0n) is 16.3. The summed E-state index contributed by atoms with van der Waals surface area (Å²) in [6.07, 6.45) is 3.42. The number of ketones is 1. The summed E-state index contributed by atoms with van der Waals surface area (Å²) in [5, 5.41) is 7.68. The normalized spacial score (nSPS) is 11.0. The third kappa shape index (κ3) is 4.30. The van der Waals surface area contributed by atoms with Gasteiger partial charge in [-0.2, -0.15) is 0 Å². The number of carbonyl (C=O) groups is 1. The van der Waals surface area contributed by atoms with Crippen LogP contribution in [0.3, 0.4) is 0 Å². The van der Waals surface area contributed by atoms with Crippen molar-refractivity contribution in [2.75, 3.05) is 5.75 Å². The molecule has 0 amide bonds. The molecule has 0 saturated carbocycles. The van der Waals surface area contributed by atoms with Crippen LogP contribution in [0.5, 0.6) is 0 Å². The van der Waals surface area contributed by atoms with Gasteiger partial charge >= 0.3 is 0 Å². The standard InChI is InChI=1S/C22H21N5OS/c1-15-12-19(16(2)27(15)13-17-6-4-3-5-7-17)20(28)14-29-22-24-21(25-26-22)18-8-10-23-11-9-18/h3-12H,13-14H2,1-2H3,(H,24,25,26). The molecular formula is C22H21N5OS. The fraction of sp³-hybridized carbons (Fsp3) is 0.182. The summed E-state index contributed by atoms with van der Waals surface area (Å²) in [4.78, 5) is 21.3. The van der Waals surface area contributed by atoms with Crippen molar-refractivity contribution in [2.24, 2.45) is 0 Å². The SMILES string of the molecule is Cc1cc(C(=O)CSc2n[nH]c(-c3ccncc3)n2)c(C)n1Cc1ccccc1. The average Bonchev–Trinajstić information content (AvgIpc) is 3.34. The largest absolute Gasteiger partial charge is 0.344 e. The molecule has 7 heteroatoms. The Kier molecular flexibility index (Phi) is 5.57. The predicted octanol–water partition coefficient (Wildman–Crippen LogP) is 4.31. The number of carbonyl (C=O) groups excluding carboxylic acids is 1. The molecule has 3 heterocycles. The monoisotopic (exact) mass is 403 g/mol. The van der Waals surface area contributed by atoms with Gasteiger partial charge in [0.1, 0.15) is 0 Å². The summed E-state index contributed by atoms with van der Waals surface area (Å²) < 4.78 is 2.18. The summed E-state index contributed by atoms with van der Waals surface area (Å²) in [6.45, 7) is 4.80. The van der Waals surface area contributed by atoms with Crippen molar-refractivity contribution in [2.45, 2.75) is 25.5 Å². The second kappa shape index (κ2) is 8.45. The van der Waals surface area contributed by atoms with E-state index in [0.29, 0.717) is 16.7 Å². The molecule has 1 N–H and O–H groups in total. The summed E-state index contributed by atoms with van der Waals surface area (Å²) in [5.41, 5.74) is 4.96. The van der Waals surface area contributed by atoms with Crippen LogP contribution >= 0.6 is 11.8 Å². The third-order valence-corrected chi connectivity index (χ3v) is 5.66. The molecule has 1 aromatic carbocycles. The highest BCUT2D eigenvalue weighted by Crippen LogP contribution is 2.22. The second-order valence-electron chi connectivity index (χ2n) is 6.77. The Morgan fingerprint density at radius 1 is 1.10 bits per heavy atom. The molecule has 0 saturated heterocycles. The number of aromatic amines is 1. The van der Waals surface area contributed by atoms with Crippen molar-refractivity contribution in [3.63, 3.8) is 0 Å². The first-order chi connectivity index (χ1) is 14.1. The van der Waals surface area contributed by atoms with Crippen LogP contribution in [-0.2, 0) is 6.54 Å². The number of Topliss-reactive ketones (excluding diaryl/α,β-unsaturated/α-hetero) is 1. The highest BCUT2D eigenvalue weighted by atomic mass is 32.2. The van der Waals surface area contributed by atoms with Gasteiger partial charge in [0.25, 0.3) is 0 Å². The minimum Gasteiger partial charge on any atom is -0.344 e. The van der Waals surface area contributed by atoms with Crippen LogP contribution in [0, 0.1) is 13.8 Å². The highest BCUT2D eigenvalue weighted by Gasteiger charge is 2.17. The number of rotatable bonds is 7. The van der Waals surface area contributed by atoms with Crippen LogP contribution in [0.4, 0.5) is 0 Å². The molecule has 0 unspecified atom stereocenters. The Bertz CT molecular complexity index is 1120. The second-order valence-corrected chi connectivity index (χ2v) is 7.71. The zero-order valence-corrected chi connectivity index (χ0v) is 17.1. The van der Waals surface area contributed by atoms with Gasteiger partial charge in [0.2, 0.25) is 5.16 Å². The number of thioether (sulfide) groups is 1. The number of pyridine rings is 1. The minimum absolute atomic E-state index is 0.0812. The molecule has 3 aromatic heterocycles. The average molecular weight is 404 g/mol. The van der Waals surface area contributed by atoms with Gasteiger partial charge in [-0.15, -0.1) is 5.10 Å². The van der Waals surface area contributed by atoms with Gasteiger partial charge in [0.05, 0.1) is 5.75 Å². The van der Waals surface area contributed by atoms with Crippen LogP contribution in [0.25, 0.3) is 11.4 Å². The van der Waals surface area contributed by atoms with Crippen molar-refractivity contribution in [1.29, 1.82) is 0 Å². The van der Waals surface area contributed by atoms with E-state index >= 15 is 0 Å². The summed E-state index contributed by atoms with van der Waals surface area (Å²) in [7, 11) is 0. The molecule has 0 aliphatic carbocycles. The van der Waals surface area contributed by atoms with Gasteiger partial charge in [0, 0.05) is 41.5 Å². The number of H-pyrrole nitrogens is 1. The van der Waals surface area contributed by atoms with E-state index < -0.39 is 0 Å². The van der Waals surface area contributed by atoms with E-state index in [-0.39, 0.29) is 5.78 Å². The fourth-order valence-electron chi connectivity index (χ4n) is 3.25. The Morgan fingerprint density at radius 3 is 2.62 bits per heavy atom. The fourth-order valence-corrected chi connectivity index (χ4v) is 3.93. The molecule has 0 aliphatic rings. The van der Waals surface area contributed by atoms with E-state index in [0.717, 1.165) is 29.1 Å². The first-order valence-electron chi connectivity index (χ1n) is 9.31. The Balaban J connectivity index is 1.44. The number of hydrogen-bond acceptors (Lipinski definition) is 5. The van der Waals surface area contributed by atoms with Gasteiger partial charge in [-0.05, 0) is 37.6 Å². The van der Waals surface area contributed by atoms with E-state index in [2.05, 4.69) is 36.9 Å². The lowest BCUT2D eigenvalue weighted by Gasteiger charge is -2.09. The molecule has 4 rings (SSSR count). The molecule has 4 aromatic rings. The Morgan fingerprint density at radius 2 is 1.86 bits per heavy atom. The summed E-state index contributed by atoms with van der Waals surface area (Å²) in [6, 6.07) is 16.0. The Labute approximate surface area is 173 Å². The van der Waals surface area contributed by atoms with E-state index in [9.17, 15) is 4.79 Å². The van der Waals surface area contributed by atoms with Crippen molar-refractivity contribution < 1.29 is 4.79 Å². The van der Waals surface area contributed by atoms with Crippen molar-refractivity contribution in [1.82, 2.24) is 24.7 Å². The number of nitrogens with zero attached hydrogens (tertiary/aromatic N) is 4. The highest BCUT2D eigenvalue weighted by molar-refractivity contribution is 7.99. The zero-order chi connectivity index (χ0) is 20.2. The number of hydrogen-bond donors (Lipinski definition) is 1. The van der Waals surface area contributed by atoms with Crippen LogP contribution in [0.2, 0.25) is 0 Å². The molecule has 6 nitrogen and oxygen atoms in total. The van der Waals surface area contributed by atoms with Gasteiger partial charge in [-0.1, -0.05) is 42.1 Å². The Hall–Kier alpha value is -3.19. The smallest absolute Gasteiger partial charge is 0.209 e. The van der Waals surface area contributed by atoms with Crippen LogP contribution < -0.4 is 0 Å². The van der Waals surface area contributed by atoms with Gasteiger partial charge in [-0.3, -0.25) is 14.9 Å². The number of benzene rings is 1. The minimum atomic E-state index is 0.0812. The molecule has 0 aliphatic heterocycles. The van der Waals surface area contributed by atoms with Crippen molar-refractivity contribution in [3.05, 3.63) is 83.4 Å². The molecule has 29 heavy (non-hydrogen) atoms. The summed E-state index contributed by atoms with van der Waals surface area (Å²) in [5.74, 6) is 1.05. The van der Waals surface area contributed by atoms with Crippen LogP contribution in [-0.4, -0.2) is 36.3 Å². The molecule has 0 bridgehead atoms. The van der Waals surface area contributed by atoms with Gasteiger partial charge in [-0.25, -0.2) is 4.98 Å². The van der Waals surface area contributed by atoms with E-state index in [1.54, 1.807) is 12.4 Å². The molecule has 0 atom stereocenters. The van der Waals surface area contributed by atoms with Crippen molar-refractivity contribution in [3.8, 4) is 11.4 Å². The van der Waals surface area contributed by atoms with Crippen LogP contribution in [0.15, 0.2) is 66.1 Å². The van der Waals surface area contributed by atoms with Crippen molar-refractivity contribution >= 4 is 17.5 Å².